The van der Waals surface area contributed by atoms with Gasteiger partial charge in [0.25, 0.3) is 0 Å². The molecule has 1 aliphatic rings. The van der Waals surface area contributed by atoms with Crippen LogP contribution >= 0.6 is 0 Å². The Labute approximate surface area is 91.3 Å². The average molecular weight is 205 g/mol. The number of pyridine rings is 1. The molecule has 3 heteroatoms. The second-order valence-electron chi connectivity index (χ2n) is 4.18. The van der Waals surface area contributed by atoms with E-state index in [2.05, 4.69) is 28.6 Å². The highest BCUT2D eigenvalue weighted by molar-refractivity contribution is 5.42. The molecule has 1 aliphatic heterocycles. The normalized spacial score (nSPS) is 20.5. The number of nitrogens with one attached hydrogen (secondary N) is 2. The summed E-state index contributed by atoms with van der Waals surface area (Å²) in [7, 11) is 0. The Balaban J connectivity index is 1.75. The molecule has 2 rings (SSSR count). The summed E-state index contributed by atoms with van der Waals surface area (Å²) in [6, 6.07) is 4.77. The Morgan fingerprint density at radius 1 is 1.60 bits per heavy atom. The minimum atomic E-state index is 0.710. The van der Waals surface area contributed by atoms with E-state index in [-0.39, 0.29) is 0 Å². The average Bonchev–Trinajstić information content (AvgIpc) is 2.74. The van der Waals surface area contributed by atoms with Crippen LogP contribution < -0.4 is 10.6 Å². The van der Waals surface area contributed by atoms with Gasteiger partial charge in [-0.15, -0.1) is 0 Å². The molecule has 0 aromatic carbocycles. The summed E-state index contributed by atoms with van der Waals surface area (Å²) >= 11 is 0. The minimum Gasteiger partial charge on any atom is -0.370 e. The van der Waals surface area contributed by atoms with Crippen molar-refractivity contribution in [2.24, 2.45) is 0 Å². The Morgan fingerprint density at radius 3 is 3.27 bits per heavy atom. The van der Waals surface area contributed by atoms with Gasteiger partial charge in [0.05, 0.1) is 0 Å². The van der Waals surface area contributed by atoms with E-state index in [0.29, 0.717) is 6.04 Å². The predicted octanol–water partition coefficient (Wildman–Crippen LogP) is 1.94. The van der Waals surface area contributed by atoms with Crippen molar-refractivity contribution in [2.75, 3.05) is 18.4 Å². The smallest absolute Gasteiger partial charge is 0.128 e. The van der Waals surface area contributed by atoms with Crippen molar-refractivity contribution in [1.82, 2.24) is 10.3 Å². The van der Waals surface area contributed by atoms with Crippen molar-refractivity contribution in [3.63, 3.8) is 0 Å². The Bertz CT molecular complexity index is 305. The van der Waals surface area contributed by atoms with E-state index in [4.69, 9.17) is 0 Å². The largest absolute Gasteiger partial charge is 0.370 e. The van der Waals surface area contributed by atoms with E-state index < -0.39 is 0 Å². The number of rotatable bonds is 4. The number of hydrogen-bond acceptors (Lipinski definition) is 3. The lowest BCUT2D eigenvalue weighted by Gasteiger charge is -2.12. The standard InChI is InChI=1S/C12H19N3/c1-10-4-2-8-14-12(10)15-9-6-11-5-3-7-13-11/h2,4,8,11,13H,3,5-7,9H2,1H3,(H,14,15)/t11-/m1/s1. The van der Waals surface area contributed by atoms with Crippen LogP contribution in [0.1, 0.15) is 24.8 Å². The molecule has 15 heavy (non-hydrogen) atoms. The van der Waals surface area contributed by atoms with Crippen LogP contribution in [0.5, 0.6) is 0 Å². The molecule has 0 amide bonds. The summed E-state index contributed by atoms with van der Waals surface area (Å²) in [5, 5.41) is 6.89. The lowest BCUT2D eigenvalue weighted by atomic mass is 10.1. The van der Waals surface area contributed by atoms with Crippen molar-refractivity contribution >= 4 is 5.82 Å². The Morgan fingerprint density at radius 2 is 2.53 bits per heavy atom. The van der Waals surface area contributed by atoms with E-state index >= 15 is 0 Å². The fourth-order valence-electron chi connectivity index (χ4n) is 2.04. The SMILES string of the molecule is Cc1cccnc1NCC[C@H]1CCCN1. The van der Waals surface area contributed by atoms with Gasteiger partial charge in [0, 0.05) is 18.8 Å². The molecule has 82 valence electrons. The first kappa shape index (κ1) is 10.4. The van der Waals surface area contributed by atoms with Gasteiger partial charge in [0.1, 0.15) is 5.82 Å². The molecule has 0 spiro atoms. The van der Waals surface area contributed by atoms with Gasteiger partial charge in [-0.2, -0.15) is 0 Å². The molecule has 1 fully saturated rings. The molecule has 0 saturated carbocycles. The third kappa shape index (κ3) is 2.93. The van der Waals surface area contributed by atoms with Crippen molar-refractivity contribution in [3.8, 4) is 0 Å². The summed E-state index contributed by atoms with van der Waals surface area (Å²) < 4.78 is 0. The van der Waals surface area contributed by atoms with Gasteiger partial charge in [-0.3, -0.25) is 0 Å². The van der Waals surface area contributed by atoms with E-state index in [0.717, 1.165) is 12.4 Å². The zero-order valence-corrected chi connectivity index (χ0v) is 9.29. The highest BCUT2D eigenvalue weighted by Crippen LogP contribution is 2.11. The Hall–Kier alpha value is -1.09. The molecule has 0 bridgehead atoms. The van der Waals surface area contributed by atoms with Gasteiger partial charge in [-0.1, -0.05) is 6.07 Å². The lowest BCUT2D eigenvalue weighted by Crippen LogP contribution is -2.24. The third-order valence-corrected chi connectivity index (χ3v) is 2.96. The third-order valence-electron chi connectivity index (χ3n) is 2.96. The van der Waals surface area contributed by atoms with Crippen molar-refractivity contribution in [1.29, 1.82) is 0 Å². The van der Waals surface area contributed by atoms with E-state index in [9.17, 15) is 0 Å². The molecule has 1 saturated heterocycles. The quantitative estimate of drug-likeness (QED) is 0.789. The number of aromatic nitrogens is 1. The highest BCUT2D eigenvalue weighted by atomic mass is 15.0. The van der Waals surface area contributed by atoms with Crippen molar-refractivity contribution in [2.45, 2.75) is 32.2 Å². The van der Waals surface area contributed by atoms with Crippen molar-refractivity contribution < 1.29 is 0 Å². The molecule has 2 heterocycles. The number of hydrogen-bond donors (Lipinski definition) is 2. The zero-order chi connectivity index (χ0) is 10.5. The van der Waals surface area contributed by atoms with E-state index in [1.54, 1.807) is 0 Å². The topological polar surface area (TPSA) is 37.0 Å². The van der Waals surface area contributed by atoms with E-state index in [1.165, 1.54) is 31.4 Å². The lowest BCUT2D eigenvalue weighted by molar-refractivity contribution is 0.574. The van der Waals surface area contributed by atoms with Gasteiger partial charge in [0.2, 0.25) is 0 Å². The van der Waals surface area contributed by atoms with Crippen LogP contribution in [-0.4, -0.2) is 24.1 Å². The van der Waals surface area contributed by atoms with Gasteiger partial charge in [-0.25, -0.2) is 4.98 Å². The van der Waals surface area contributed by atoms with Gasteiger partial charge in [-0.05, 0) is 44.4 Å². The van der Waals surface area contributed by atoms with Crippen LogP contribution in [0.25, 0.3) is 0 Å². The summed E-state index contributed by atoms with van der Waals surface area (Å²) in [5.41, 5.74) is 1.22. The first-order chi connectivity index (χ1) is 7.36. The maximum absolute atomic E-state index is 4.31. The molecule has 0 aliphatic carbocycles. The fourth-order valence-corrected chi connectivity index (χ4v) is 2.04. The summed E-state index contributed by atoms with van der Waals surface area (Å²) in [4.78, 5) is 4.31. The van der Waals surface area contributed by atoms with Crippen LogP contribution in [0.2, 0.25) is 0 Å². The molecule has 1 aromatic rings. The highest BCUT2D eigenvalue weighted by Gasteiger charge is 2.12. The van der Waals surface area contributed by atoms with Crippen LogP contribution in [0.15, 0.2) is 18.3 Å². The van der Waals surface area contributed by atoms with Gasteiger partial charge >= 0.3 is 0 Å². The van der Waals surface area contributed by atoms with Crippen LogP contribution in [0.4, 0.5) is 5.82 Å². The van der Waals surface area contributed by atoms with Gasteiger partial charge in [0.15, 0.2) is 0 Å². The second-order valence-corrected chi connectivity index (χ2v) is 4.18. The number of nitrogens with zero attached hydrogens (tertiary/aromatic N) is 1. The molecule has 2 N–H and O–H groups in total. The minimum absolute atomic E-state index is 0.710. The molecule has 0 radical (unpaired) electrons. The maximum atomic E-state index is 4.31. The van der Waals surface area contributed by atoms with Crippen LogP contribution in [0, 0.1) is 6.92 Å². The monoisotopic (exact) mass is 205 g/mol. The van der Waals surface area contributed by atoms with Gasteiger partial charge < -0.3 is 10.6 Å². The predicted molar refractivity (Wildman–Crippen MR) is 63.1 cm³/mol. The number of anilines is 1. The molecule has 0 unspecified atom stereocenters. The first-order valence-electron chi connectivity index (χ1n) is 5.75. The van der Waals surface area contributed by atoms with Crippen LogP contribution in [0.3, 0.4) is 0 Å². The Kier molecular flexibility index (Phi) is 3.56. The first-order valence-corrected chi connectivity index (χ1v) is 5.75. The zero-order valence-electron chi connectivity index (χ0n) is 9.29. The van der Waals surface area contributed by atoms with Crippen LogP contribution in [-0.2, 0) is 0 Å². The molecule has 1 aromatic heterocycles. The summed E-state index contributed by atoms with van der Waals surface area (Å²) in [5.74, 6) is 1.02. The maximum Gasteiger partial charge on any atom is 0.128 e. The van der Waals surface area contributed by atoms with E-state index in [1.807, 2.05) is 12.3 Å². The summed E-state index contributed by atoms with van der Waals surface area (Å²) in [6.45, 7) is 4.28. The second kappa shape index (κ2) is 5.12. The summed E-state index contributed by atoms with van der Waals surface area (Å²) in [6.07, 6.45) is 5.68. The molecule has 1 atom stereocenters. The fraction of sp³-hybridized carbons (Fsp3) is 0.583. The molecular weight excluding hydrogens is 186 g/mol. The molecular formula is C12H19N3. The number of aryl methyl sites for hydroxylation is 1. The van der Waals surface area contributed by atoms with Crippen molar-refractivity contribution in [3.05, 3.63) is 23.9 Å². The molecule has 3 nitrogen and oxygen atoms in total.